The molecule has 1 aliphatic heterocycles. The van der Waals surface area contributed by atoms with Gasteiger partial charge in [0.15, 0.2) is 11.7 Å². The quantitative estimate of drug-likeness (QED) is 0.285. The van der Waals surface area contributed by atoms with Crippen molar-refractivity contribution >= 4 is 17.3 Å². The van der Waals surface area contributed by atoms with E-state index in [0.717, 1.165) is 31.6 Å². The Kier molecular flexibility index (Phi) is 6.90. The molecule has 1 heterocycles. The largest absolute Gasteiger partial charge is 0.372 e. The van der Waals surface area contributed by atoms with Crippen LogP contribution in [0.3, 0.4) is 0 Å². The Hall–Kier alpha value is -2.84. The lowest BCUT2D eigenvalue weighted by Gasteiger charge is -2.34. The van der Waals surface area contributed by atoms with E-state index in [4.69, 9.17) is 10.7 Å². The first-order valence-electron chi connectivity index (χ1n) is 9.64. The first-order valence-corrected chi connectivity index (χ1v) is 9.64. The maximum atomic E-state index is 14.1. The fourth-order valence-electron chi connectivity index (χ4n) is 3.58. The predicted molar refractivity (Wildman–Crippen MR) is 113 cm³/mol. The third-order valence-corrected chi connectivity index (χ3v) is 5.25. The van der Waals surface area contributed by atoms with Gasteiger partial charge in [0.05, 0.1) is 11.3 Å². The van der Waals surface area contributed by atoms with Gasteiger partial charge in [-0.2, -0.15) is 0 Å². The zero-order chi connectivity index (χ0) is 20.8. The summed E-state index contributed by atoms with van der Waals surface area (Å²) in [5.41, 5.74) is 1.86. The second-order valence-corrected chi connectivity index (χ2v) is 6.99. The van der Waals surface area contributed by atoms with Crippen LogP contribution in [-0.2, 0) is 4.89 Å². The van der Waals surface area contributed by atoms with E-state index in [1.165, 1.54) is 11.9 Å². The lowest BCUT2D eigenvalue weighted by atomic mass is 10.0. The number of hydrogen-bond acceptors (Lipinski definition) is 6. The van der Waals surface area contributed by atoms with Crippen molar-refractivity contribution in [2.24, 2.45) is 9.98 Å². The van der Waals surface area contributed by atoms with Gasteiger partial charge in [-0.25, -0.2) is 19.6 Å². The van der Waals surface area contributed by atoms with E-state index in [0.29, 0.717) is 12.5 Å². The number of aliphatic imine (C=N–C) groups is 2. The average molecular weight is 399 g/mol. The number of piperidine rings is 1. The molecule has 2 aliphatic carbocycles. The fourth-order valence-corrected chi connectivity index (χ4v) is 3.58. The molecule has 0 amide bonds. The van der Waals surface area contributed by atoms with E-state index in [-0.39, 0.29) is 23.5 Å². The van der Waals surface area contributed by atoms with Crippen molar-refractivity contribution in [1.82, 2.24) is 10.2 Å². The second kappa shape index (κ2) is 9.58. The zero-order valence-electron chi connectivity index (χ0n) is 16.5. The lowest BCUT2D eigenvalue weighted by Crippen LogP contribution is -2.40. The lowest BCUT2D eigenvalue weighted by molar-refractivity contribution is -0.200. The highest BCUT2D eigenvalue weighted by atomic mass is 19.1. The summed E-state index contributed by atoms with van der Waals surface area (Å²) in [4.78, 5) is 15.2. The van der Waals surface area contributed by atoms with Gasteiger partial charge in [0.1, 0.15) is 0 Å². The van der Waals surface area contributed by atoms with Gasteiger partial charge in [0.2, 0.25) is 5.76 Å². The normalized spacial score (nSPS) is 22.7. The van der Waals surface area contributed by atoms with Crippen LogP contribution in [-0.4, -0.2) is 53.6 Å². The van der Waals surface area contributed by atoms with Crippen molar-refractivity contribution in [1.29, 1.82) is 5.41 Å². The number of halogens is 1. The molecule has 3 aliphatic rings. The van der Waals surface area contributed by atoms with Crippen LogP contribution in [0.5, 0.6) is 0 Å². The molecular formula is C21H26FN5O2. The van der Waals surface area contributed by atoms with Gasteiger partial charge in [-0.1, -0.05) is 18.7 Å². The Labute approximate surface area is 169 Å². The Balaban J connectivity index is 1.75. The first-order chi connectivity index (χ1) is 14.1. The molecular weight excluding hydrogens is 373 g/mol. The van der Waals surface area contributed by atoms with Gasteiger partial charge in [-0.05, 0) is 32.0 Å². The smallest absolute Gasteiger partial charge is 0.213 e. The Morgan fingerprint density at radius 3 is 2.69 bits per heavy atom. The van der Waals surface area contributed by atoms with Gasteiger partial charge in [-0.3, -0.25) is 0 Å². The van der Waals surface area contributed by atoms with Crippen LogP contribution in [0.2, 0.25) is 0 Å². The molecule has 3 N–H and O–H groups in total. The molecule has 0 aromatic rings. The van der Waals surface area contributed by atoms with Crippen LogP contribution < -0.4 is 5.32 Å². The highest BCUT2D eigenvalue weighted by Gasteiger charge is 2.26. The monoisotopic (exact) mass is 399 g/mol. The van der Waals surface area contributed by atoms with Crippen LogP contribution in [0.4, 0.5) is 4.39 Å². The summed E-state index contributed by atoms with van der Waals surface area (Å²) in [5.74, 6) is -1.19. The Morgan fingerprint density at radius 1 is 1.34 bits per heavy atom. The van der Waals surface area contributed by atoms with Crippen LogP contribution in [0.1, 0.15) is 25.7 Å². The molecule has 0 radical (unpaired) electrons. The van der Waals surface area contributed by atoms with Crippen molar-refractivity contribution < 1.29 is 14.5 Å². The number of nitrogens with one attached hydrogen (secondary N) is 2. The van der Waals surface area contributed by atoms with Crippen molar-refractivity contribution in [2.75, 3.05) is 20.1 Å². The van der Waals surface area contributed by atoms with Gasteiger partial charge < -0.3 is 20.5 Å². The Bertz CT molecular complexity index is 858. The summed E-state index contributed by atoms with van der Waals surface area (Å²) < 4.78 is 14.1. The molecule has 0 unspecified atom stereocenters. The summed E-state index contributed by atoms with van der Waals surface area (Å²) in [6.07, 6.45) is 11.8. The number of hydrogen-bond donors (Lipinski definition) is 3. The number of rotatable bonds is 5. The summed E-state index contributed by atoms with van der Waals surface area (Å²) in [6.45, 7) is 5.60. The van der Waals surface area contributed by atoms with E-state index in [2.05, 4.69) is 37.7 Å². The molecule has 7 nitrogen and oxygen atoms in total. The Morgan fingerprint density at radius 2 is 2.10 bits per heavy atom. The number of allylic oxidation sites excluding steroid dienone is 5. The third kappa shape index (κ3) is 4.78. The van der Waals surface area contributed by atoms with E-state index in [1.807, 2.05) is 19.2 Å². The minimum atomic E-state index is -0.923. The average Bonchev–Trinajstić information content (AvgIpc) is 2.76. The molecule has 0 bridgehead atoms. The van der Waals surface area contributed by atoms with E-state index >= 15 is 0 Å². The molecule has 0 atom stereocenters. The molecule has 0 spiro atoms. The van der Waals surface area contributed by atoms with Crippen LogP contribution >= 0.6 is 0 Å². The van der Waals surface area contributed by atoms with Gasteiger partial charge in [-0.15, -0.1) is 0 Å². The molecule has 0 saturated carbocycles. The summed E-state index contributed by atoms with van der Waals surface area (Å²) in [7, 11) is 2.00. The minimum Gasteiger partial charge on any atom is -0.372 e. The van der Waals surface area contributed by atoms with Crippen molar-refractivity contribution in [3.8, 4) is 0 Å². The number of nitrogens with zero attached hydrogens (tertiary/aromatic N) is 3. The van der Waals surface area contributed by atoms with Gasteiger partial charge in [0.25, 0.3) is 0 Å². The summed E-state index contributed by atoms with van der Waals surface area (Å²) in [6, 6.07) is 0.579. The minimum absolute atomic E-state index is 0.0670. The van der Waals surface area contributed by atoms with Crippen LogP contribution in [0, 0.1) is 5.41 Å². The topological polar surface area (TPSA) is 93.3 Å². The van der Waals surface area contributed by atoms with E-state index in [9.17, 15) is 4.39 Å². The fraction of sp³-hybridized carbons (Fsp3) is 0.381. The van der Waals surface area contributed by atoms with Crippen molar-refractivity contribution in [3.63, 3.8) is 0 Å². The standard InChI is InChI=1S/C21H26FN5O2/c1-3-25-21(17-8-9-18(23)19(22)20(17)29-28)26-15-4-6-16(7-5-15)27-12-10-14(24-2)11-13-27/h3-4,6-8,14,23-24,28H,1,5,9-13H2,2H3/b23-18?,25-21-,26-15-. The van der Waals surface area contributed by atoms with Gasteiger partial charge >= 0.3 is 0 Å². The SMILES string of the molecule is C=C/N=C(\N=C1\C=CC(N2CCC(NC)CC2)=CC1)C1=CCC(=N)C(F)=C1OO. The van der Waals surface area contributed by atoms with Crippen LogP contribution in [0.25, 0.3) is 0 Å². The molecule has 0 aromatic heterocycles. The summed E-state index contributed by atoms with van der Waals surface area (Å²) in [5, 5.41) is 20.0. The van der Waals surface area contributed by atoms with Crippen molar-refractivity contribution in [3.05, 3.63) is 59.9 Å². The third-order valence-electron chi connectivity index (χ3n) is 5.25. The molecule has 29 heavy (non-hydrogen) atoms. The second-order valence-electron chi connectivity index (χ2n) is 6.99. The molecule has 8 heteroatoms. The molecule has 1 saturated heterocycles. The van der Waals surface area contributed by atoms with E-state index < -0.39 is 11.6 Å². The van der Waals surface area contributed by atoms with E-state index in [1.54, 1.807) is 6.08 Å². The van der Waals surface area contributed by atoms with Gasteiger partial charge in [0, 0.05) is 49.6 Å². The first kappa shape index (κ1) is 20.9. The molecule has 154 valence electrons. The van der Waals surface area contributed by atoms with Crippen LogP contribution in [0.15, 0.2) is 69.9 Å². The zero-order valence-corrected chi connectivity index (χ0v) is 16.5. The van der Waals surface area contributed by atoms with Crippen molar-refractivity contribution in [2.45, 2.75) is 31.7 Å². The highest BCUT2D eigenvalue weighted by molar-refractivity contribution is 6.14. The maximum absolute atomic E-state index is 14.1. The molecule has 0 aromatic carbocycles. The predicted octanol–water partition coefficient (Wildman–Crippen LogP) is 3.52. The number of likely N-dealkylation sites (tertiary alicyclic amines) is 1. The molecule has 3 rings (SSSR count). The maximum Gasteiger partial charge on any atom is 0.213 e. The molecule has 1 fully saturated rings. The number of amidine groups is 1. The summed E-state index contributed by atoms with van der Waals surface area (Å²) >= 11 is 0. The highest BCUT2D eigenvalue weighted by Crippen LogP contribution is 2.27.